The second kappa shape index (κ2) is 10.7. The highest BCUT2D eigenvalue weighted by atomic mass is 32.2. The molecule has 1 aliphatic heterocycles. The molecule has 162 valence electrons. The first kappa shape index (κ1) is 22.5. The molecule has 0 N–H and O–H groups in total. The van der Waals surface area contributed by atoms with E-state index in [1.54, 1.807) is 21.1 Å². The summed E-state index contributed by atoms with van der Waals surface area (Å²) >= 11 is 8.33. The molecule has 2 heterocycles. The van der Waals surface area contributed by atoms with E-state index in [1.165, 1.54) is 11.8 Å². The summed E-state index contributed by atoms with van der Waals surface area (Å²) in [5, 5.41) is 1.98. The number of thiophene rings is 1. The molecule has 0 bridgehead atoms. The minimum absolute atomic E-state index is 0.0274. The monoisotopic (exact) mass is 478 g/mol. The number of hydrogen-bond acceptors (Lipinski definition) is 5. The maximum absolute atomic E-state index is 13.1. The van der Waals surface area contributed by atoms with Gasteiger partial charge < -0.3 is 4.90 Å². The zero-order valence-electron chi connectivity index (χ0n) is 17.3. The predicted octanol–water partition coefficient (Wildman–Crippen LogP) is 5.96. The molecule has 0 aliphatic carbocycles. The van der Waals surface area contributed by atoms with Crippen molar-refractivity contribution in [3.05, 3.63) is 93.5 Å². The van der Waals surface area contributed by atoms with Gasteiger partial charge in [0.25, 0.3) is 5.91 Å². The lowest BCUT2D eigenvalue weighted by atomic mass is 10.1. The van der Waals surface area contributed by atoms with E-state index in [0.29, 0.717) is 35.2 Å². The van der Waals surface area contributed by atoms with E-state index in [2.05, 4.69) is 0 Å². The lowest BCUT2D eigenvalue weighted by Crippen LogP contribution is -2.33. The Morgan fingerprint density at radius 1 is 1.00 bits per heavy atom. The Hall–Kier alpha value is -2.74. The van der Waals surface area contributed by atoms with Crippen LogP contribution in [0.15, 0.2) is 83.1 Å². The minimum atomic E-state index is -0.0787. The second-order valence-corrected chi connectivity index (χ2v) is 9.91. The van der Waals surface area contributed by atoms with Crippen molar-refractivity contribution in [1.82, 2.24) is 4.90 Å². The molecule has 1 aromatic heterocycles. The molecule has 0 radical (unpaired) electrons. The van der Waals surface area contributed by atoms with Gasteiger partial charge in [0.15, 0.2) is 0 Å². The van der Waals surface area contributed by atoms with Crippen LogP contribution in [0.3, 0.4) is 0 Å². The summed E-state index contributed by atoms with van der Waals surface area (Å²) < 4.78 is 0.550. The van der Waals surface area contributed by atoms with Crippen LogP contribution in [-0.2, 0) is 16.1 Å². The van der Waals surface area contributed by atoms with Gasteiger partial charge in [0.2, 0.25) is 5.91 Å². The van der Waals surface area contributed by atoms with Crippen LogP contribution in [0.2, 0.25) is 0 Å². The number of thioether (sulfide) groups is 1. The zero-order valence-corrected chi connectivity index (χ0v) is 19.8. The molecule has 2 aromatic carbocycles. The molecule has 1 saturated heterocycles. The number of para-hydroxylation sites is 1. The van der Waals surface area contributed by atoms with Gasteiger partial charge in [-0.1, -0.05) is 78.6 Å². The van der Waals surface area contributed by atoms with E-state index in [1.807, 2.05) is 84.3 Å². The fourth-order valence-electron chi connectivity index (χ4n) is 3.42. The first-order chi connectivity index (χ1) is 15.6. The summed E-state index contributed by atoms with van der Waals surface area (Å²) in [4.78, 5) is 31.0. The Bertz CT molecular complexity index is 1110. The van der Waals surface area contributed by atoms with Crippen molar-refractivity contribution in [3.8, 4) is 0 Å². The van der Waals surface area contributed by atoms with E-state index in [9.17, 15) is 9.59 Å². The van der Waals surface area contributed by atoms with Gasteiger partial charge in [-0.25, -0.2) is 0 Å². The van der Waals surface area contributed by atoms with Crippen molar-refractivity contribution < 1.29 is 9.59 Å². The number of anilines is 1. The average molecular weight is 479 g/mol. The molecular weight excluding hydrogens is 456 g/mol. The fourth-order valence-corrected chi connectivity index (χ4v) is 5.45. The molecule has 0 saturated carbocycles. The molecule has 1 fully saturated rings. The second-order valence-electron chi connectivity index (χ2n) is 7.25. The summed E-state index contributed by atoms with van der Waals surface area (Å²) in [5.41, 5.74) is 1.94. The summed E-state index contributed by atoms with van der Waals surface area (Å²) in [6, 6.07) is 23.6. The van der Waals surface area contributed by atoms with Crippen molar-refractivity contribution in [3.63, 3.8) is 0 Å². The average Bonchev–Trinajstić information content (AvgIpc) is 3.42. The number of amides is 2. The van der Waals surface area contributed by atoms with Gasteiger partial charge in [0, 0.05) is 23.5 Å². The van der Waals surface area contributed by atoms with Gasteiger partial charge in [-0.3, -0.25) is 14.5 Å². The molecule has 4 nitrogen and oxygen atoms in total. The molecule has 32 heavy (non-hydrogen) atoms. The van der Waals surface area contributed by atoms with Crippen LogP contribution < -0.4 is 4.90 Å². The van der Waals surface area contributed by atoms with E-state index >= 15 is 0 Å². The Morgan fingerprint density at radius 2 is 1.72 bits per heavy atom. The number of carbonyl (C=O) groups is 2. The highest BCUT2D eigenvalue weighted by Crippen LogP contribution is 2.33. The van der Waals surface area contributed by atoms with Crippen LogP contribution in [0, 0.1) is 0 Å². The lowest BCUT2D eigenvalue weighted by Gasteiger charge is -2.24. The highest BCUT2D eigenvalue weighted by Gasteiger charge is 2.31. The maximum atomic E-state index is 13.1. The third-order valence-corrected chi connectivity index (χ3v) is 7.21. The van der Waals surface area contributed by atoms with Gasteiger partial charge in [-0.15, -0.1) is 11.3 Å². The van der Waals surface area contributed by atoms with Crippen LogP contribution in [0.5, 0.6) is 0 Å². The number of carbonyl (C=O) groups excluding carboxylic acids is 2. The van der Waals surface area contributed by atoms with Crippen molar-refractivity contribution in [1.29, 1.82) is 0 Å². The third-order valence-electron chi connectivity index (χ3n) is 5.01. The molecule has 4 rings (SSSR count). The Labute approximate surface area is 201 Å². The van der Waals surface area contributed by atoms with Crippen LogP contribution in [0.1, 0.15) is 23.3 Å². The number of hydrogen-bond donors (Lipinski definition) is 0. The van der Waals surface area contributed by atoms with Gasteiger partial charge in [0.05, 0.1) is 11.4 Å². The normalized spacial score (nSPS) is 14.9. The summed E-state index contributed by atoms with van der Waals surface area (Å²) in [6.45, 7) is 0.945. The first-order valence-corrected chi connectivity index (χ1v) is 12.4. The molecular formula is C25H22N2O2S3. The molecule has 0 atom stereocenters. The largest absolute Gasteiger partial charge is 0.308 e. The Morgan fingerprint density at radius 3 is 2.41 bits per heavy atom. The van der Waals surface area contributed by atoms with Crippen LogP contribution >= 0.6 is 35.3 Å². The lowest BCUT2D eigenvalue weighted by molar-refractivity contribution is -0.123. The number of thiocarbonyl (C=S) groups is 1. The van der Waals surface area contributed by atoms with Crippen LogP contribution in [-0.4, -0.2) is 27.6 Å². The summed E-state index contributed by atoms with van der Waals surface area (Å²) in [7, 11) is 0. The van der Waals surface area contributed by atoms with Crippen LogP contribution in [0.25, 0.3) is 6.08 Å². The molecule has 3 aromatic rings. The molecule has 0 spiro atoms. The van der Waals surface area contributed by atoms with Gasteiger partial charge in [0.1, 0.15) is 4.32 Å². The van der Waals surface area contributed by atoms with Crippen LogP contribution in [0.4, 0.5) is 5.69 Å². The minimum Gasteiger partial charge on any atom is -0.308 e. The van der Waals surface area contributed by atoms with E-state index < -0.39 is 0 Å². The SMILES string of the molecule is O=C1/C(=C/c2cccs2)SC(=S)N1CCCC(=O)N(Cc1ccccc1)c1ccccc1. The van der Waals surface area contributed by atoms with E-state index in [4.69, 9.17) is 12.2 Å². The van der Waals surface area contributed by atoms with Crippen molar-refractivity contribution in [2.24, 2.45) is 0 Å². The van der Waals surface area contributed by atoms with E-state index in [0.717, 1.165) is 16.1 Å². The number of benzene rings is 2. The quantitative estimate of drug-likeness (QED) is 0.296. The molecule has 0 unspecified atom stereocenters. The molecule has 7 heteroatoms. The van der Waals surface area contributed by atoms with Crippen molar-refractivity contribution >= 4 is 63.2 Å². The first-order valence-electron chi connectivity index (χ1n) is 10.3. The topological polar surface area (TPSA) is 40.6 Å². The smallest absolute Gasteiger partial charge is 0.266 e. The zero-order chi connectivity index (χ0) is 22.3. The standard InChI is InChI=1S/C25H22N2O2S3/c28-23(27(20-11-5-2-6-12-20)18-19-9-3-1-4-10-19)14-7-15-26-24(29)22(32-25(26)30)17-21-13-8-16-31-21/h1-6,8-13,16-17H,7,14-15,18H2/b22-17-. The fraction of sp³-hybridized carbons (Fsp3) is 0.160. The molecule has 2 amide bonds. The Kier molecular flexibility index (Phi) is 7.52. The van der Waals surface area contributed by atoms with Gasteiger partial charge in [-0.2, -0.15) is 0 Å². The van der Waals surface area contributed by atoms with Crippen molar-refractivity contribution in [2.75, 3.05) is 11.4 Å². The highest BCUT2D eigenvalue weighted by molar-refractivity contribution is 8.26. The van der Waals surface area contributed by atoms with Crippen molar-refractivity contribution in [2.45, 2.75) is 19.4 Å². The van der Waals surface area contributed by atoms with Gasteiger partial charge >= 0.3 is 0 Å². The summed E-state index contributed by atoms with van der Waals surface area (Å²) in [5.74, 6) is -0.0512. The summed E-state index contributed by atoms with van der Waals surface area (Å²) in [6.07, 6.45) is 2.77. The maximum Gasteiger partial charge on any atom is 0.266 e. The third kappa shape index (κ3) is 5.54. The Balaban J connectivity index is 1.39. The predicted molar refractivity (Wildman–Crippen MR) is 138 cm³/mol. The molecule has 1 aliphatic rings. The number of nitrogens with zero attached hydrogens (tertiary/aromatic N) is 2. The van der Waals surface area contributed by atoms with E-state index in [-0.39, 0.29) is 11.8 Å². The van der Waals surface area contributed by atoms with Gasteiger partial charge in [-0.05, 0) is 41.6 Å². The number of rotatable bonds is 8.